The molecule has 10 heteroatoms. The molecule has 0 unspecified atom stereocenters. The van der Waals surface area contributed by atoms with E-state index in [4.69, 9.17) is 0 Å². The zero-order valence-electron chi connectivity index (χ0n) is 16.9. The molecule has 2 heterocycles. The average molecular weight is 446 g/mol. The average Bonchev–Trinajstić information content (AvgIpc) is 3.20. The van der Waals surface area contributed by atoms with Crippen LogP contribution in [0.15, 0.2) is 59.8 Å². The van der Waals surface area contributed by atoms with Crippen molar-refractivity contribution >= 4 is 27.1 Å². The molecule has 4 rings (SSSR count). The maximum Gasteiger partial charge on any atom is 0.317 e. The lowest BCUT2D eigenvalue weighted by Gasteiger charge is -2.34. The van der Waals surface area contributed by atoms with Crippen molar-refractivity contribution in [3.8, 4) is 0 Å². The number of hydrogen-bond donors (Lipinski definition) is 1. The van der Waals surface area contributed by atoms with Gasteiger partial charge in [-0.2, -0.15) is 4.31 Å². The number of rotatable bonds is 6. The van der Waals surface area contributed by atoms with Crippen molar-refractivity contribution in [3.05, 3.63) is 60.7 Å². The Morgan fingerprint density at radius 2 is 1.74 bits per heavy atom. The van der Waals surface area contributed by atoms with E-state index in [9.17, 15) is 17.6 Å². The lowest BCUT2D eigenvalue weighted by Crippen LogP contribution is -2.53. The van der Waals surface area contributed by atoms with Crippen molar-refractivity contribution in [1.82, 2.24) is 24.1 Å². The Kier molecular flexibility index (Phi) is 6.19. The van der Waals surface area contributed by atoms with Gasteiger partial charge in [-0.15, -0.1) is 0 Å². The molecule has 0 bridgehead atoms. The van der Waals surface area contributed by atoms with Crippen LogP contribution in [0.4, 0.5) is 9.18 Å². The van der Waals surface area contributed by atoms with Gasteiger partial charge in [-0.1, -0.05) is 24.3 Å². The number of aryl methyl sites for hydroxylation is 1. The number of para-hydroxylation sites is 2. The van der Waals surface area contributed by atoms with Crippen LogP contribution in [0.5, 0.6) is 0 Å². The van der Waals surface area contributed by atoms with Crippen molar-refractivity contribution in [2.45, 2.75) is 17.9 Å². The molecule has 1 aliphatic rings. The van der Waals surface area contributed by atoms with E-state index in [1.165, 1.54) is 22.5 Å². The number of nitrogens with zero attached hydrogens (tertiary/aromatic N) is 4. The molecule has 2 aromatic carbocycles. The predicted octanol–water partition coefficient (Wildman–Crippen LogP) is 2.28. The molecule has 1 aliphatic heterocycles. The lowest BCUT2D eigenvalue weighted by atomic mass is 10.3. The first-order valence-electron chi connectivity index (χ1n) is 10.1. The van der Waals surface area contributed by atoms with Crippen LogP contribution in [0, 0.1) is 5.82 Å². The van der Waals surface area contributed by atoms with Crippen LogP contribution in [-0.4, -0.2) is 65.9 Å². The van der Waals surface area contributed by atoms with Crippen LogP contribution in [0.2, 0.25) is 0 Å². The molecule has 0 aliphatic carbocycles. The Bertz CT molecular complexity index is 1170. The zero-order valence-corrected chi connectivity index (χ0v) is 17.8. The summed E-state index contributed by atoms with van der Waals surface area (Å²) in [6.07, 6.45) is 2.54. The van der Waals surface area contributed by atoms with Gasteiger partial charge >= 0.3 is 6.03 Å². The molecule has 0 saturated carbocycles. The van der Waals surface area contributed by atoms with Crippen LogP contribution >= 0.6 is 0 Å². The summed E-state index contributed by atoms with van der Waals surface area (Å²) in [4.78, 5) is 18.0. The predicted molar refractivity (Wildman–Crippen MR) is 114 cm³/mol. The summed E-state index contributed by atoms with van der Waals surface area (Å²) in [5.41, 5.74) is 2.00. The number of carbonyl (C=O) groups excluding carboxylic acids is 1. The highest BCUT2D eigenvalue weighted by Gasteiger charge is 2.31. The molecule has 1 aromatic heterocycles. The molecule has 31 heavy (non-hydrogen) atoms. The molecule has 3 aromatic rings. The second-order valence-electron chi connectivity index (χ2n) is 7.33. The summed E-state index contributed by atoms with van der Waals surface area (Å²) < 4.78 is 42.5. The number of halogens is 1. The van der Waals surface area contributed by atoms with Gasteiger partial charge in [0.1, 0.15) is 10.7 Å². The number of amides is 2. The molecule has 8 nitrogen and oxygen atoms in total. The third kappa shape index (κ3) is 4.54. The quantitative estimate of drug-likeness (QED) is 0.590. The fourth-order valence-corrected chi connectivity index (χ4v) is 5.16. The van der Waals surface area contributed by atoms with Crippen LogP contribution in [0.25, 0.3) is 11.0 Å². The van der Waals surface area contributed by atoms with Crippen molar-refractivity contribution in [3.63, 3.8) is 0 Å². The Morgan fingerprint density at radius 3 is 2.52 bits per heavy atom. The van der Waals surface area contributed by atoms with Gasteiger partial charge in [0.25, 0.3) is 0 Å². The van der Waals surface area contributed by atoms with Crippen molar-refractivity contribution in [1.29, 1.82) is 0 Å². The topological polar surface area (TPSA) is 87.5 Å². The number of benzene rings is 2. The highest BCUT2D eigenvalue weighted by atomic mass is 32.2. The van der Waals surface area contributed by atoms with Gasteiger partial charge in [-0.25, -0.2) is 22.6 Å². The molecule has 1 N–H and O–H groups in total. The lowest BCUT2D eigenvalue weighted by molar-refractivity contribution is 0.172. The number of aromatic nitrogens is 2. The fourth-order valence-electron chi connectivity index (χ4n) is 3.67. The number of fused-ring (bicyclic) bond motifs is 1. The minimum absolute atomic E-state index is 0.130. The number of urea groups is 1. The number of hydrogen-bond acceptors (Lipinski definition) is 4. The van der Waals surface area contributed by atoms with Gasteiger partial charge in [-0.05, 0) is 30.7 Å². The monoisotopic (exact) mass is 445 g/mol. The van der Waals surface area contributed by atoms with Gasteiger partial charge in [0.2, 0.25) is 10.0 Å². The first-order chi connectivity index (χ1) is 15.0. The number of piperazine rings is 1. The van der Waals surface area contributed by atoms with Gasteiger partial charge in [-0.3, -0.25) is 0 Å². The summed E-state index contributed by atoms with van der Waals surface area (Å²) in [5, 5.41) is 2.88. The Labute approximate surface area is 180 Å². The van der Waals surface area contributed by atoms with Crippen LogP contribution < -0.4 is 5.32 Å². The van der Waals surface area contributed by atoms with Gasteiger partial charge in [0.05, 0.1) is 17.4 Å². The number of sulfonamides is 1. The molecule has 164 valence electrons. The molecule has 1 saturated heterocycles. The van der Waals surface area contributed by atoms with Gasteiger partial charge in [0, 0.05) is 39.3 Å². The SMILES string of the molecule is O=C(NCCCn1cnc2ccccc21)N1CCN(S(=O)(=O)c2ccccc2F)CC1. The maximum atomic E-state index is 13.9. The van der Waals surface area contributed by atoms with Crippen molar-refractivity contribution in [2.24, 2.45) is 0 Å². The second kappa shape index (κ2) is 9.03. The molecule has 0 radical (unpaired) electrons. The first kappa shape index (κ1) is 21.3. The molecular weight excluding hydrogens is 421 g/mol. The molecular formula is C21H24FN5O3S. The summed E-state index contributed by atoms with van der Waals surface area (Å²) in [7, 11) is -3.91. The minimum Gasteiger partial charge on any atom is -0.338 e. The third-order valence-electron chi connectivity index (χ3n) is 5.36. The van der Waals surface area contributed by atoms with E-state index >= 15 is 0 Å². The standard InChI is InChI=1S/C21H24FN5O3S/c22-17-6-1-4-9-20(17)31(29,30)27-14-12-25(13-15-27)21(28)23-10-5-11-26-16-24-18-7-2-3-8-19(18)26/h1-4,6-9,16H,5,10-15H2,(H,23,28). The zero-order chi connectivity index (χ0) is 21.8. The second-order valence-corrected chi connectivity index (χ2v) is 9.24. The molecule has 0 atom stereocenters. The van der Waals surface area contributed by atoms with Gasteiger partial charge in [0.15, 0.2) is 0 Å². The van der Waals surface area contributed by atoms with Crippen molar-refractivity contribution < 1.29 is 17.6 Å². The number of carbonyl (C=O) groups is 1. The molecule has 0 spiro atoms. The van der Waals surface area contributed by atoms with E-state index in [1.807, 2.05) is 28.8 Å². The summed E-state index contributed by atoms with van der Waals surface area (Å²) in [6, 6.07) is 13.0. The fraction of sp³-hybridized carbons (Fsp3) is 0.333. The van der Waals surface area contributed by atoms with E-state index < -0.39 is 15.8 Å². The first-order valence-corrected chi connectivity index (χ1v) is 11.6. The van der Waals surface area contributed by atoms with Crippen LogP contribution in [0.1, 0.15) is 6.42 Å². The van der Waals surface area contributed by atoms with Crippen LogP contribution in [0.3, 0.4) is 0 Å². The maximum absolute atomic E-state index is 13.9. The molecule has 2 amide bonds. The van der Waals surface area contributed by atoms with Crippen LogP contribution in [-0.2, 0) is 16.6 Å². The van der Waals surface area contributed by atoms with E-state index in [-0.39, 0.29) is 37.1 Å². The van der Waals surface area contributed by atoms with Crippen molar-refractivity contribution in [2.75, 3.05) is 32.7 Å². The Hall–Kier alpha value is -2.98. The smallest absolute Gasteiger partial charge is 0.317 e. The molecule has 1 fully saturated rings. The minimum atomic E-state index is -3.91. The van der Waals surface area contributed by atoms with E-state index in [0.29, 0.717) is 6.54 Å². The summed E-state index contributed by atoms with van der Waals surface area (Å²) >= 11 is 0. The number of imidazole rings is 1. The van der Waals surface area contributed by atoms with E-state index in [2.05, 4.69) is 10.3 Å². The van der Waals surface area contributed by atoms with E-state index in [0.717, 1.165) is 30.1 Å². The normalized spacial score (nSPS) is 15.3. The Balaban J connectivity index is 1.24. The highest BCUT2D eigenvalue weighted by molar-refractivity contribution is 7.89. The summed E-state index contributed by atoms with van der Waals surface area (Å²) in [5.74, 6) is -0.770. The number of nitrogens with one attached hydrogen (secondary N) is 1. The Morgan fingerprint density at radius 1 is 1.03 bits per heavy atom. The third-order valence-corrected chi connectivity index (χ3v) is 7.29. The largest absolute Gasteiger partial charge is 0.338 e. The highest BCUT2D eigenvalue weighted by Crippen LogP contribution is 2.20. The summed E-state index contributed by atoms with van der Waals surface area (Å²) in [6.45, 7) is 2.00. The van der Waals surface area contributed by atoms with E-state index in [1.54, 1.807) is 11.2 Å². The van der Waals surface area contributed by atoms with Gasteiger partial charge < -0.3 is 14.8 Å².